The normalized spacial score (nSPS) is 13.4. The lowest BCUT2D eigenvalue weighted by Gasteiger charge is -2.24. The molecule has 258 valence electrons. The van der Waals surface area contributed by atoms with E-state index in [-0.39, 0.29) is 50.3 Å². The van der Waals surface area contributed by atoms with Crippen LogP contribution in [-0.4, -0.2) is 108 Å². The summed E-state index contributed by atoms with van der Waals surface area (Å²) in [6, 6.07) is 13.5. The quantitative estimate of drug-likeness (QED) is 0.138. The molecule has 47 heavy (non-hydrogen) atoms. The van der Waals surface area contributed by atoms with E-state index in [1.165, 1.54) is 0 Å². The maximum Gasteiger partial charge on any atom is 0.407 e. The van der Waals surface area contributed by atoms with Crippen LogP contribution in [0.25, 0.3) is 11.1 Å². The number of methoxy groups -OCH3 is 1. The van der Waals surface area contributed by atoms with E-state index in [1.54, 1.807) is 21.0 Å². The molecule has 0 aliphatic heterocycles. The highest BCUT2D eigenvalue weighted by Gasteiger charge is 2.32. The van der Waals surface area contributed by atoms with Crippen molar-refractivity contribution in [2.24, 2.45) is 5.92 Å². The molecule has 3 amide bonds. The first-order valence-corrected chi connectivity index (χ1v) is 15.9. The summed E-state index contributed by atoms with van der Waals surface area (Å²) in [6.07, 6.45) is -1.05. The number of rotatable bonds is 22. The molecule has 0 heterocycles. The maximum absolute atomic E-state index is 13.1. The minimum Gasteiger partial charge on any atom is -0.480 e. The van der Waals surface area contributed by atoms with Crippen LogP contribution in [0.5, 0.6) is 0 Å². The van der Waals surface area contributed by atoms with Crippen molar-refractivity contribution in [1.29, 1.82) is 0 Å². The van der Waals surface area contributed by atoms with Crippen molar-refractivity contribution in [1.82, 2.24) is 16.0 Å². The minimum absolute atomic E-state index is 0.0725. The predicted octanol–water partition coefficient (Wildman–Crippen LogP) is 2.71. The molecule has 2 atom stereocenters. The van der Waals surface area contributed by atoms with Crippen molar-refractivity contribution >= 4 is 23.9 Å². The van der Waals surface area contributed by atoms with Gasteiger partial charge in [0.15, 0.2) is 0 Å². The largest absolute Gasteiger partial charge is 0.480 e. The van der Waals surface area contributed by atoms with Gasteiger partial charge in [0.2, 0.25) is 11.8 Å². The second kappa shape index (κ2) is 20.3. The summed E-state index contributed by atoms with van der Waals surface area (Å²) >= 11 is 0. The predicted molar refractivity (Wildman–Crippen MR) is 173 cm³/mol. The van der Waals surface area contributed by atoms with Gasteiger partial charge in [-0.15, -0.1) is 0 Å². The molecule has 1 aliphatic carbocycles. The Morgan fingerprint density at radius 2 is 1.34 bits per heavy atom. The van der Waals surface area contributed by atoms with Crippen molar-refractivity contribution in [3.05, 3.63) is 59.7 Å². The number of hydrogen-bond donors (Lipinski definition) is 4. The Balaban J connectivity index is 1.37. The number of nitrogens with one attached hydrogen (secondary N) is 3. The molecule has 0 bridgehead atoms. The molecule has 0 spiro atoms. The number of alkyl carbamates (subject to hydrolysis) is 1. The average Bonchev–Trinajstić information content (AvgIpc) is 3.38. The van der Waals surface area contributed by atoms with Crippen LogP contribution in [0.1, 0.15) is 43.7 Å². The van der Waals surface area contributed by atoms with Gasteiger partial charge in [0.1, 0.15) is 18.7 Å². The third-order valence-electron chi connectivity index (χ3n) is 7.59. The third kappa shape index (κ3) is 12.2. The number of aliphatic carboxylic acids is 1. The fourth-order valence-electron chi connectivity index (χ4n) is 5.13. The summed E-state index contributed by atoms with van der Waals surface area (Å²) in [5.74, 6) is -2.87. The summed E-state index contributed by atoms with van der Waals surface area (Å²) in [5, 5.41) is 17.4. The van der Waals surface area contributed by atoms with Gasteiger partial charge in [0.05, 0.1) is 46.2 Å². The molecular formula is C34H47N3O10. The molecule has 2 aromatic rings. The molecule has 0 aromatic heterocycles. The number of carbonyl (C=O) groups is 4. The summed E-state index contributed by atoms with van der Waals surface area (Å²) in [7, 11) is 1.60. The van der Waals surface area contributed by atoms with Gasteiger partial charge in [-0.1, -0.05) is 62.4 Å². The van der Waals surface area contributed by atoms with E-state index in [1.807, 2.05) is 48.5 Å². The van der Waals surface area contributed by atoms with E-state index in [0.717, 1.165) is 22.3 Å². The molecule has 0 fully saturated rings. The summed E-state index contributed by atoms with van der Waals surface area (Å²) < 4.78 is 26.5. The zero-order chi connectivity index (χ0) is 34.0. The molecule has 0 saturated carbocycles. The number of carbonyl (C=O) groups excluding carboxylic acids is 3. The van der Waals surface area contributed by atoms with Crippen LogP contribution in [-0.2, 0) is 38.1 Å². The standard InChI is InChI=1S/C34H47N3O10/c1-23(2)31(37-34(42)47-22-28-26-10-6-4-8-24(26)25-9-5-7-11-27(25)28)32(39)36-29(33(40)41)12-13-30(38)35-14-15-44-18-19-46-21-20-45-17-16-43-3/h4-11,23,28-29,31H,12-22H2,1-3H3,(H,35,38)(H,36,39)(H,37,42)(H,40,41)/t29?,31-/m0/s1. The van der Waals surface area contributed by atoms with Crippen LogP contribution in [0, 0.1) is 5.92 Å². The number of carboxylic acid groups (broad SMARTS) is 1. The monoisotopic (exact) mass is 657 g/mol. The highest BCUT2D eigenvalue weighted by molar-refractivity contribution is 5.90. The lowest BCUT2D eigenvalue weighted by molar-refractivity contribution is -0.142. The topological polar surface area (TPSA) is 171 Å². The first kappa shape index (κ1) is 37.4. The van der Waals surface area contributed by atoms with Crippen LogP contribution in [0.15, 0.2) is 48.5 Å². The van der Waals surface area contributed by atoms with Gasteiger partial charge in [-0.2, -0.15) is 0 Å². The highest BCUT2D eigenvalue weighted by atomic mass is 16.6. The van der Waals surface area contributed by atoms with Gasteiger partial charge < -0.3 is 44.7 Å². The zero-order valence-corrected chi connectivity index (χ0v) is 27.3. The van der Waals surface area contributed by atoms with E-state index in [0.29, 0.717) is 39.6 Å². The fraction of sp³-hybridized carbons (Fsp3) is 0.529. The van der Waals surface area contributed by atoms with Gasteiger partial charge in [-0.3, -0.25) is 9.59 Å². The van der Waals surface area contributed by atoms with Crippen molar-refractivity contribution < 1.29 is 48.0 Å². The summed E-state index contributed by atoms with van der Waals surface area (Å²) in [6.45, 7) is 6.70. The minimum atomic E-state index is -1.33. The maximum atomic E-state index is 13.1. The van der Waals surface area contributed by atoms with Crippen LogP contribution in [0.4, 0.5) is 4.79 Å². The van der Waals surface area contributed by atoms with Crippen LogP contribution in [0.2, 0.25) is 0 Å². The van der Waals surface area contributed by atoms with Gasteiger partial charge in [0.25, 0.3) is 0 Å². The van der Waals surface area contributed by atoms with Crippen LogP contribution < -0.4 is 16.0 Å². The van der Waals surface area contributed by atoms with Crippen molar-refractivity contribution in [3.8, 4) is 11.1 Å². The Morgan fingerprint density at radius 1 is 0.787 bits per heavy atom. The molecule has 3 rings (SSSR count). The number of carboxylic acids is 1. The average molecular weight is 658 g/mol. The Morgan fingerprint density at radius 3 is 1.89 bits per heavy atom. The van der Waals surface area contributed by atoms with Gasteiger partial charge >= 0.3 is 12.1 Å². The van der Waals surface area contributed by atoms with Crippen LogP contribution in [0.3, 0.4) is 0 Å². The number of ether oxygens (including phenoxy) is 5. The van der Waals surface area contributed by atoms with Crippen molar-refractivity contribution in [2.75, 3.05) is 66.5 Å². The Hall–Kier alpha value is -4.04. The molecular weight excluding hydrogens is 610 g/mol. The number of benzene rings is 2. The van der Waals surface area contributed by atoms with Gasteiger partial charge in [-0.05, 0) is 34.6 Å². The molecule has 2 aromatic carbocycles. The first-order valence-electron chi connectivity index (χ1n) is 15.9. The Labute approximate surface area is 275 Å². The SMILES string of the molecule is COCCOCCOCCOCCNC(=O)CCC(NC(=O)[C@@H](NC(=O)OCC1c2ccccc2-c2ccccc21)C(C)C)C(=O)O. The smallest absolute Gasteiger partial charge is 0.407 e. The van der Waals surface area contributed by atoms with Gasteiger partial charge in [0, 0.05) is 26.0 Å². The van der Waals surface area contributed by atoms with E-state index < -0.39 is 30.1 Å². The molecule has 4 N–H and O–H groups in total. The second-order valence-corrected chi connectivity index (χ2v) is 11.3. The summed E-state index contributed by atoms with van der Waals surface area (Å²) in [4.78, 5) is 50.1. The highest BCUT2D eigenvalue weighted by Crippen LogP contribution is 2.44. The van der Waals surface area contributed by atoms with E-state index in [2.05, 4.69) is 16.0 Å². The second-order valence-electron chi connectivity index (χ2n) is 11.3. The third-order valence-corrected chi connectivity index (χ3v) is 7.59. The molecule has 13 nitrogen and oxygen atoms in total. The number of hydrogen-bond acceptors (Lipinski definition) is 9. The summed E-state index contributed by atoms with van der Waals surface area (Å²) in [5.41, 5.74) is 4.30. The Bertz CT molecular complexity index is 1260. The molecule has 0 radical (unpaired) electrons. The Kier molecular flexibility index (Phi) is 16.1. The van der Waals surface area contributed by atoms with Crippen molar-refractivity contribution in [3.63, 3.8) is 0 Å². The molecule has 1 unspecified atom stereocenters. The van der Waals surface area contributed by atoms with Gasteiger partial charge in [-0.25, -0.2) is 9.59 Å². The fourth-order valence-corrected chi connectivity index (χ4v) is 5.13. The first-order chi connectivity index (χ1) is 22.7. The number of amides is 3. The lowest BCUT2D eigenvalue weighted by Crippen LogP contribution is -2.54. The van der Waals surface area contributed by atoms with Crippen molar-refractivity contribution in [2.45, 2.75) is 44.7 Å². The van der Waals surface area contributed by atoms with E-state index in [9.17, 15) is 24.3 Å². The molecule has 0 saturated heterocycles. The molecule has 13 heteroatoms. The number of fused-ring (bicyclic) bond motifs is 3. The van der Waals surface area contributed by atoms with E-state index >= 15 is 0 Å². The molecule has 1 aliphatic rings. The van der Waals surface area contributed by atoms with E-state index in [4.69, 9.17) is 23.7 Å². The van der Waals surface area contributed by atoms with Crippen LogP contribution >= 0.6 is 0 Å². The zero-order valence-electron chi connectivity index (χ0n) is 27.3. The lowest BCUT2D eigenvalue weighted by atomic mass is 9.98.